The van der Waals surface area contributed by atoms with Gasteiger partial charge >= 0.3 is 6.09 Å². The summed E-state index contributed by atoms with van der Waals surface area (Å²) in [5.41, 5.74) is 2.20. The lowest BCUT2D eigenvalue weighted by Gasteiger charge is -2.11. The highest BCUT2D eigenvalue weighted by molar-refractivity contribution is 8.14. The van der Waals surface area contributed by atoms with E-state index in [0.29, 0.717) is 11.0 Å². The quantitative estimate of drug-likeness (QED) is 0.617. The number of carbonyl (C=O) groups excluding carboxylic acids is 1. The fraction of sp³-hybridized carbons (Fsp3) is 0.385. The summed E-state index contributed by atoms with van der Waals surface area (Å²) in [6.07, 6.45) is -0.747. The molecule has 102 valence electrons. The van der Waals surface area contributed by atoms with Crippen LogP contribution < -0.4 is 0 Å². The molecule has 0 saturated carbocycles. The summed E-state index contributed by atoms with van der Waals surface area (Å²) in [6, 6.07) is 8.03. The number of hydrogen-bond donors (Lipinski definition) is 0. The van der Waals surface area contributed by atoms with Crippen molar-refractivity contribution in [3.63, 3.8) is 0 Å². The number of aryl methyl sites for hydroxylation is 1. The van der Waals surface area contributed by atoms with Crippen LogP contribution in [0.15, 0.2) is 29.4 Å². The number of thioether (sulfide) groups is 1. The van der Waals surface area contributed by atoms with Gasteiger partial charge in [0.1, 0.15) is 11.1 Å². The maximum Gasteiger partial charge on any atom is 0.435 e. The van der Waals surface area contributed by atoms with Gasteiger partial charge in [-0.15, -0.1) is 0 Å². The van der Waals surface area contributed by atoms with Crippen molar-refractivity contribution in [2.24, 2.45) is 5.16 Å². The topological polar surface area (TPSA) is 51.1 Å². The number of oxime groups is 1. The molecule has 1 aliphatic rings. The van der Waals surface area contributed by atoms with Crippen LogP contribution in [0.5, 0.6) is 0 Å². The average Bonchev–Trinajstić information content (AvgIpc) is 2.85. The van der Waals surface area contributed by atoms with E-state index in [1.807, 2.05) is 31.2 Å². The predicted molar refractivity (Wildman–Crippen MR) is 75.1 cm³/mol. The molecule has 1 saturated heterocycles. The molecule has 2 rings (SSSR count). The second-order valence-corrected chi connectivity index (χ2v) is 5.34. The molecule has 0 aliphatic carbocycles. The van der Waals surface area contributed by atoms with E-state index in [1.165, 1.54) is 22.2 Å². The fourth-order valence-electron chi connectivity index (χ4n) is 1.53. The standard InChI is InChI=1S/C13H16N2O3S/c1-9-4-6-10(7-5-9)11-12(19-8-17-11)14-18-13(16)15(2)3/h4-7,11H,8H2,1-3H3. The minimum Gasteiger partial charge on any atom is -0.355 e. The zero-order valence-corrected chi connectivity index (χ0v) is 11.9. The highest BCUT2D eigenvalue weighted by Crippen LogP contribution is 2.33. The van der Waals surface area contributed by atoms with E-state index in [2.05, 4.69) is 5.16 Å². The van der Waals surface area contributed by atoms with Gasteiger partial charge in [-0.25, -0.2) is 4.79 Å². The first kappa shape index (κ1) is 13.9. The smallest absolute Gasteiger partial charge is 0.355 e. The van der Waals surface area contributed by atoms with Crippen molar-refractivity contribution in [3.8, 4) is 0 Å². The molecule has 0 bridgehead atoms. The third-order valence-electron chi connectivity index (χ3n) is 2.62. The van der Waals surface area contributed by atoms with Crippen LogP contribution in [0.25, 0.3) is 0 Å². The second kappa shape index (κ2) is 6.08. The average molecular weight is 280 g/mol. The van der Waals surface area contributed by atoms with Crippen molar-refractivity contribution >= 4 is 22.9 Å². The highest BCUT2D eigenvalue weighted by atomic mass is 32.2. The SMILES string of the molecule is Cc1ccc(C2OCSC2=NOC(=O)N(C)C)cc1. The summed E-state index contributed by atoms with van der Waals surface area (Å²) in [4.78, 5) is 17.5. The highest BCUT2D eigenvalue weighted by Gasteiger charge is 2.27. The van der Waals surface area contributed by atoms with Gasteiger partial charge in [0.05, 0.1) is 5.94 Å². The van der Waals surface area contributed by atoms with Gasteiger partial charge in [0.15, 0.2) is 0 Å². The first-order valence-corrected chi connectivity index (χ1v) is 6.83. The molecule has 0 spiro atoms. The molecule has 1 aromatic rings. The summed E-state index contributed by atoms with van der Waals surface area (Å²) in [5.74, 6) is 0.511. The molecule has 6 heteroatoms. The van der Waals surface area contributed by atoms with Crippen molar-refractivity contribution in [1.82, 2.24) is 4.90 Å². The Hall–Kier alpha value is -1.53. The molecule has 1 heterocycles. The number of amides is 1. The Kier molecular flexibility index (Phi) is 4.44. The van der Waals surface area contributed by atoms with Gasteiger partial charge in [-0.05, 0) is 12.5 Å². The van der Waals surface area contributed by atoms with Crippen LogP contribution in [0, 0.1) is 6.92 Å². The van der Waals surface area contributed by atoms with Crippen LogP contribution in [0.3, 0.4) is 0 Å². The summed E-state index contributed by atoms with van der Waals surface area (Å²) in [5, 5.41) is 4.55. The first-order valence-electron chi connectivity index (χ1n) is 5.85. The monoisotopic (exact) mass is 280 g/mol. The lowest BCUT2D eigenvalue weighted by Crippen LogP contribution is -2.21. The number of carbonyl (C=O) groups is 1. The van der Waals surface area contributed by atoms with Gasteiger partial charge in [-0.3, -0.25) is 4.84 Å². The van der Waals surface area contributed by atoms with E-state index in [0.717, 1.165) is 5.56 Å². The molecule has 1 atom stereocenters. The van der Waals surface area contributed by atoms with Crippen LogP contribution in [-0.2, 0) is 9.57 Å². The Bertz CT molecular complexity index is 485. The minimum atomic E-state index is -0.498. The summed E-state index contributed by atoms with van der Waals surface area (Å²) in [6.45, 7) is 2.03. The van der Waals surface area contributed by atoms with Crippen molar-refractivity contribution in [3.05, 3.63) is 35.4 Å². The Labute approximate surface area is 116 Å². The minimum absolute atomic E-state index is 0.249. The van der Waals surface area contributed by atoms with Gasteiger partial charge < -0.3 is 9.64 Å². The number of rotatable bonds is 2. The Morgan fingerprint density at radius 3 is 2.74 bits per heavy atom. The molecule has 1 aliphatic heterocycles. The Balaban J connectivity index is 2.10. The summed E-state index contributed by atoms with van der Waals surface area (Å²) in [7, 11) is 3.22. The fourth-order valence-corrected chi connectivity index (χ4v) is 2.30. The van der Waals surface area contributed by atoms with Gasteiger partial charge in [0.2, 0.25) is 0 Å². The second-order valence-electron chi connectivity index (χ2n) is 4.40. The third-order valence-corrected chi connectivity index (χ3v) is 3.46. The van der Waals surface area contributed by atoms with E-state index < -0.39 is 6.09 Å². The number of benzene rings is 1. The van der Waals surface area contributed by atoms with Gasteiger partial charge in [0, 0.05) is 14.1 Å². The molecular weight excluding hydrogens is 264 g/mol. The van der Waals surface area contributed by atoms with Gasteiger partial charge in [-0.1, -0.05) is 46.7 Å². The summed E-state index contributed by atoms with van der Waals surface area (Å²) >= 11 is 1.44. The molecule has 0 radical (unpaired) electrons. The molecular formula is C13H16N2O3S. The van der Waals surface area contributed by atoms with Crippen LogP contribution in [0.2, 0.25) is 0 Å². The first-order chi connectivity index (χ1) is 9.08. The summed E-state index contributed by atoms with van der Waals surface area (Å²) < 4.78 is 5.61. The van der Waals surface area contributed by atoms with Crippen molar-refractivity contribution < 1.29 is 14.4 Å². The predicted octanol–water partition coefficient (Wildman–Crippen LogP) is 2.77. The number of ether oxygens (including phenoxy) is 1. The lowest BCUT2D eigenvalue weighted by molar-refractivity contribution is 0.117. The van der Waals surface area contributed by atoms with E-state index in [4.69, 9.17) is 9.57 Å². The third kappa shape index (κ3) is 3.48. The largest absolute Gasteiger partial charge is 0.435 e. The lowest BCUT2D eigenvalue weighted by atomic mass is 10.1. The molecule has 1 unspecified atom stereocenters. The van der Waals surface area contributed by atoms with Gasteiger partial charge in [0.25, 0.3) is 0 Å². The Morgan fingerprint density at radius 1 is 1.42 bits per heavy atom. The zero-order valence-electron chi connectivity index (χ0n) is 11.1. The molecule has 5 nitrogen and oxygen atoms in total. The van der Waals surface area contributed by atoms with Crippen molar-refractivity contribution in [1.29, 1.82) is 0 Å². The number of nitrogens with zero attached hydrogens (tertiary/aromatic N) is 2. The molecule has 1 fully saturated rings. The molecule has 1 aromatic carbocycles. The maximum absolute atomic E-state index is 11.3. The van der Waals surface area contributed by atoms with E-state index in [9.17, 15) is 4.79 Å². The van der Waals surface area contributed by atoms with Crippen LogP contribution in [0.1, 0.15) is 17.2 Å². The van der Waals surface area contributed by atoms with E-state index >= 15 is 0 Å². The van der Waals surface area contributed by atoms with E-state index in [-0.39, 0.29) is 6.10 Å². The molecule has 19 heavy (non-hydrogen) atoms. The van der Waals surface area contributed by atoms with Crippen molar-refractivity contribution in [2.45, 2.75) is 13.0 Å². The Morgan fingerprint density at radius 2 is 2.11 bits per heavy atom. The van der Waals surface area contributed by atoms with Crippen LogP contribution >= 0.6 is 11.8 Å². The maximum atomic E-state index is 11.3. The van der Waals surface area contributed by atoms with Crippen LogP contribution in [0.4, 0.5) is 4.79 Å². The van der Waals surface area contributed by atoms with Crippen LogP contribution in [-0.4, -0.2) is 36.1 Å². The zero-order chi connectivity index (χ0) is 13.8. The normalized spacial score (nSPS) is 20.6. The number of hydrogen-bond acceptors (Lipinski definition) is 5. The molecule has 1 amide bonds. The molecule has 0 aromatic heterocycles. The van der Waals surface area contributed by atoms with E-state index in [1.54, 1.807) is 14.1 Å². The van der Waals surface area contributed by atoms with Gasteiger partial charge in [-0.2, -0.15) is 0 Å². The van der Waals surface area contributed by atoms with Crippen molar-refractivity contribution in [2.75, 3.05) is 20.0 Å². The molecule has 0 N–H and O–H groups in total.